The molecule has 1 fully saturated rings. The van der Waals surface area contributed by atoms with Gasteiger partial charge in [0.05, 0.1) is 0 Å². The Hall–Kier alpha value is -0.530. The normalized spacial score (nSPS) is 25.2. The highest BCUT2D eigenvalue weighted by Gasteiger charge is 2.30. The zero-order chi connectivity index (χ0) is 10.2. The van der Waals surface area contributed by atoms with E-state index in [4.69, 9.17) is 11.6 Å². The fourth-order valence-electron chi connectivity index (χ4n) is 2.03. The third kappa shape index (κ3) is 2.10. The predicted molar refractivity (Wildman–Crippen MR) is 60.6 cm³/mol. The summed E-state index contributed by atoms with van der Waals surface area (Å²) in [7, 11) is 0. The number of nitrogens with one attached hydrogen (secondary N) is 1. The van der Waals surface area contributed by atoms with Gasteiger partial charge in [0.2, 0.25) is 0 Å². The molecule has 1 aromatic rings. The van der Waals surface area contributed by atoms with E-state index in [1.54, 1.807) is 0 Å². The first-order valence-electron chi connectivity index (χ1n) is 5.06. The maximum atomic E-state index is 5.85. The number of hydrogen-bond acceptors (Lipinski definition) is 1. The van der Waals surface area contributed by atoms with E-state index in [0.29, 0.717) is 11.5 Å². The van der Waals surface area contributed by atoms with Crippen molar-refractivity contribution >= 4 is 11.6 Å². The second kappa shape index (κ2) is 3.56. The van der Waals surface area contributed by atoms with Crippen LogP contribution in [0.25, 0.3) is 0 Å². The van der Waals surface area contributed by atoms with Gasteiger partial charge < -0.3 is 5.32 Å². The molecule has 1 aromatic carbocycles. The number of hydrogen-bond donors (Lipinski definition) is 1. The zero-order valence-corrected chi connectivity index (χ0v) is 9.43. The Bertz CT molecular complexity index is 316. The highest BCUT2D eigenvalue weighted by Crippen LogP contribution is 2.35. The van der Waals surface area contributed by atoms with Gasteiger partial charge in [-0.2, -0.15) is 0 Å². The van der Waals surface area contributed by atoms with Gasteiger partial charge in [-0.3, -0.25) is 0 Å². The average Bonchev–Trinajstić information content (AvgIpc) is 2.47. The van der Waals surface area contributed by atoms with Crippen LogP contribution >= 0.6 is 11.6 Å². The summed E-state index contributed by atoms with van der Waals surface area (Å²) in [5, 5.41) is 4.35. The van der Waals surface area contributed by atoms with Crippen LogP contribution in [-0.4, -0.2) is 6.54 Å². The van der Waals surface area contributed by atoms with Crippen molar-refractivity contribution in [2.45, 2.75) is 26.3 Å². The predicted octanol–water partition coefficient (Wildman–Crippen LogP) is 3.40. The van der Waals surface area contributed by atoms with Crippen LogP contribution in [0.5, 0.6) is 0 Å². The molecule has 14 heavy (non-hydrogen) atoms. The smallest absolute Gasteiger partial charge is 0.0406 e. The van der Waals surface area contributed by atoms with E-state index in [0.717, 1.165) is 11.6 Å². The van der Waals surface area contributed by atoms with Crippen LogP contribution in [0.1, 0.15) is 31.9 Å². The molecule has 0 aliphatic carbocycles. The first-order chi connectivity index (χ1) is 6.57. The van der Waals surface area contributed by atoms with E-state index in [2.05, 4.69) is 31.3 Å². The van der Waals surface area contributed by atoms with Crippen LogP contribution < -0.4 is 5.32 Å². The minimum absolute atomic E-state index is 0.421. The molecule has 76 valence electrons. The lowest BCUT2D eigenvalue weighted by molar-refractivity contribution is 0.403. The first kappa shape index (κ1) is 10.0. The van der Waals surface area contributed by atoms with Crippen molar-refractivity contribution in [1.29, 1.82) is 0 Å². The summed E-state index contributed by atoms with van der Waals surface area (Å²) >= 11 is 5.85. The van der Waals surface area contributed by atoms with Gasteiger partial charge in [0.1, 0.15) is 0 Å². The summed E-state index contributed by atoms with van der Waals surface area (Å²) in [4.78, 5) is 0. The number of benzene rings is 1. The van der Waals surface area contributed by atoms with Gasteiger partial charge in [-0.15, -0.1) is 0 Å². The molecular formula is C12H16ClN. The van der Waals surface area contributed by atoms with Gasteiger partial charge in [0, 0.05) is 17.6 Å². The van der Waals surface area contributed by atoms with Crippen molar-refractivity contribution in [2.75, 3.05) is 6.54 Å². The molecule has 1 atom stereocenters. The van der Waals surface area contributed by atoms with Crippen molar-refractivity contribution in [3.8, 4) is 0 Å². The lowest BCUT2D eigenvalue weighted by Gasteiger charge is -2.15. The molecule has 0 amide bonds. The van der Waals surface area contributed by atoms with E-state index in [-0.39, 0.29) is 0 Å². The van der Waals surface area contributed by atoms with Gasteiger partial charge in [-0.05, 0) is 29.5 Å². The third-order valence-corrected chi connectivity index (χ3v) is 3.11. The summed E-state index contributed by atoms with van der Waals surface area (Å²) < 4.78 is 0. The van der Waals surface area contributed by atoms with E-state index in [1.165, 1.54) is 12.0 Å². The van der Waals surface area contributed by atoms with Crippen LogP contribution in [0.4, 0.5) is 0 Å². The molecule has 0 spiro atoms. The maximum absolute atomic E-state index is 5.85. The van der Waals surface area contributed by atoms with Crippen LogP contribution in [-0.2, 0) is 0 Å². The van der Waals surface area contributed by atoms with Crippen LogP contribution in [0.2, 0.25) is 5.02 Å². The fourth-order valence-corrected chi connectivity index (χ4v) is 2.15. The minimum Gasteiger partial charge on any atom is -0.309 e. The maximum Gasteiger partial charge on any atom is 0.0406 e. The molecule has 1 nitrogen and oxygen atoms in total. The molecule has 0 aromatic heterocycles. The van der Waals surface area contributed by atoms with E-state index < -0.39 is 0 Å². The standard InChI is InChI=1S/C12H16ClN/c1-12(2)7-11(14-8-12)9-3-5-10(13)6-4-9/h3-6,11,14H,7-8H2,1-2H3. The molecule has 2 heteroatoms. The molecule has 0 radical (unpaired) electrons. The molecule has 1 aliphatic heterocycles. The number of rotatable bonds is 1. The molecule has 1 N–H and O–H groups in total. The van der Waals surface area contributed by atoms with Crippen molar-refractivity contribution in [1.82, 2.24) is 5.32 Å². The monoisotopic (exact) mass is 209 g/mol. The Balaban J connectivity index is 2.14. The summed E-state index contributed by atoms with van der Waals surface area (Å²) in [6.07, 6.45) is 1.20. The number of halogens is 1. The van der Waals surface area contributed by atoms with Gasteiger partial charge in [-0.1, -0.05) is 37.6 Å². The fraction of sp³-hybridized carbons (Fsp3) is 0.500. The Labute approximate surface area is 90.5 Å². The molecule has 1 saturated heterocycles. The first-order valence-corrected chi connectivity index (χ1v) is 5.43. The van der Waals surface area contributed by atoms with Crippen molar-refractivity contribution in [3.63, 3.8) is 0 Å². The van der Waals surface area contributed by atoms with Crippen LogP contribution in [0.15, 0.2) is 24.3 Å². The molecule has 1 heterocycles. The Morgan fingerprint density at radius 1 is 1.29 bits per heavy atom. The summed E-state index contributed by atoms with van der Waals surface area (Å²) in [6.45, 7) is 5.70. The van der Waals surface area contributed by atoms with E-state index in [1.807, 2.05) is 12.1 Å². The minimum atomic E-state index is 0.421. The van der Waals surface area contributed by atoms with Gasteiger partial charge in [0.25, 0.3) is 0 Å². The van der Waals surface area contributed by atoms with Gasteiger partial charge in [-0.25, -0.2) is 0 Å². The van der Waals surface area contributed by atoms with Crippen LogP contribution in [0, 0.1) is 5.41 Å². The second-order valence-electron chi connectivity index (χ2n) is 4.85. The van der Waals surface area contributed by atoms with Crippen molar-refractivity contribution < 1.29 is 0 Å². The zero-order valence-electron chi connectivity index (χ0n) is 8.68. The summed E-state index contributed by atoms with van der Waals surface area (Å²) in [6, 6.07) is 8.65. The van der Waals surface area contributed by atoms with E-state index in [9.17, 15) is 0 Å². The molecular weight excluding hydrogens is 194 g/mol. The average molecular weight is 210 g/mol. The lowest BCUT2D eigenvalue weighted by atomic mass is 9.89. The van der Waals surface area contributed by atoms with Crippen molar-refractivity contribution in [2.24, 2.45) is 5.41 Å². The third-order valence-electron chi connectivity index (χ3n) is 2.86. The highest BCUT2D eigenvalue weighted by molar-refractivity contribution is 6.30. The molecule has 0 bridgehead atoms. The SMILES string of the molecule is CC1(C)CNC(c2ccc(Cl)cc2)C1. The molecule has 0 saturated carbocycles. The quantitative estimate of drug-likeness (QED) is 0.748. The molecule has 1 unspecified atom stereocenters. The molecule has 1 aliphatic rings. The van der Waals surface area contributed by atoms with E-state index >= 15 is 0 Å². The Kier molecular flexibility index (Phi) is 2.54. The Morgan fingerprint density at radius 2 is 1.93 bits per heavy atom. The highest BCUT2D eigenvalue weighted by atomic mass is 35.5. The topological polar surface area (TPSA) is 12.0 Å². The summed E-state index contributed by atoms with van der Waals surface area (Å²) in [5.74, 6) is 0. The molecule has 2 rings (SSSR count). The van der Waals surface area contributed by atoms with Crippen LogP contribution in [0.3, 0.4) is 0 Å². The largest absolute Gasteiger partial charge is 0.309 e. The summed E-state index contributed by atoms with van der Waals surface area (Å²) in [5.41, 5.74) is 1.77. The van der Waals surface area contributed by atoms with Gasteiger partial charge >= 0.3 is 0 Å². The van der Waals surface area contributed by atoms with Gasteiger partial charge in [0.15, 0.2) is 0 Å². The second-order valence-corrected chi connectivity index (χ2v) is 5.29. The van der Waals surface area contributed by atoms with Crippen molar-refractivity contribution in [3.05, 3.63) is 34.9 Å². The lowest BCUT2D eigenvalue weighted by Crippen LogP contribution is -2.16. The Morgan fingerprint density at radius 3 is 2.43 bits per heavy atom.